The molecule has 0 aliphatic heterocycles. The molecule has 0 aliphatic carbocycles. The van der Waals surface area contributed by atoms with E-state index in [0.717, 1.165) is 11.3 Å². The molecule has 1 aromatic heterocycles. The molecule has 0 saturated heterocycles. The van der Waals surface area contributed by atoms with Gasteiger partial charge in [0.1, 0.15) is 17.3 Å². The molecule has 2 rings (SSSR count). The minimum Gasteiger partial charge on any atom is -0.484 e. The largest absolute Gasteiger partial charge is 0.484 e. The van der Waals surface area contributed by atoms with Crippen molar-refractivity contribution in [3.63, 3.8) is 0 Å². The van der Waals surface area contributed by atoms with Crippen molar-refractivity contribution >= 4 is 46.8 Å². The van der Waals surface area contributed by atoms with Gasteiger partial charge < -0.3 is 9.15 Å². The third-order valence-electron chi connectivity index (χ3n) is 3.21. The van der Waals surface area contributed by atoms with Crippen molar-refractivity contribution in [1.29, 1.82) is 0 Å². The Morgan fingerprint density at radius 3 is 2.67 bits per heavy atom. The van der Waals surface area contributed by atoms with Crippen LogP contribution in [0.4, 0.5) is 0 Å². The van der Waals surface area contributed by atoms with Gasteiger partial charge in [0.2, 0.25) is 5.91 Å². The Balaban J connectivity index is 1.69. The molecule has 0 unspecified atom stereocenters. The van der Waals surface area contributed by atoms with Crippen LogP contribution in [-0.2, 0) is 9.59 Å². The first kappa shape index (κ1) is 20.5. The van der Waals surface area contributed by atoms with Crippen molar-refractivity contribution in [1.82, 2.24) is 16.2 Å². The summed E-state index contributed by atoms with van der Waals surface area (Å²) in [5.41, 5.74) is 5.58. The van der Waals surface area contributed by atoms with Gasteiger partial charge in [-0.25, -0.2) is 0 Å². The highest BCUT2D eigenvalue weighted by Gasteiger charge is 2.06. The Bertz CT molecular complexity index is 879. The van der Waals surface area contributed by atoms with Crippen molar-refractivity contribution in [2.24, 2.45) is 0 Å². The maximum atomic E-state index is 11.7. The van der Waals surface area contributed by atoms with E-state index in [2.05, 4.69) is 16.2 Å². The lowest BCUT2D eigenvalue weighted by Crippen LogP contribution is -2.49. The van der Waals surface area contributed by atoms with Gasteiger partial charge >= 0.3 is 0 Å². The van der Waals surface area contributed by atoms with Gasteiger partial charge in [-0.3, -0.25) is 25.8 Å². The van der Waals surface area contributed by atoms with E-state index in [1.54, 1.807) is 37.3 Å². The second-order valence-electron chi connectivity index (χ2n) is 5.47. The van der Waals surface area contributed by atoms with Gasteiger partial charge in [0.15, 0.2) is 11.7 Å². The van der Waals surface area contributed by atoms with E-state index in [4.69, 9.17) is 33.0 Å². The molecule has 3 N–H and O–H groups in total. The molecule has 0 aliphatic rings. The van der Waals surface area contributed by atoms with Crippen LogP contribution in [0.1, 0.15) is 17.1 Å². The van der Waals surface area contributed by atoms with Crippen LogP contribution in [0.5, 0.6) is 5.75 Å². The topological polar surface area (TPSA) is 92.6 Å². The Hall–Kier alpha value is -2.84. The first-order valence-electron chi connectivity index (χ1n) is 7.87. The number of hydrogen-bond donors (Lipinski definition) is 3. The van der Waals surface area contributed by atoms with Crippen molar-refractivity contribution in [2.45, 2.75) is 13.8 Å². The van der Waals surface area contributed by atoms with E-state index in [0.29, 0.717) is 16.5 Å². The first-order valence-corrected chi connectivity index (χ1v) is 8.65. The fourth-order valence-electron chi connectivity index (χ4n) is 1.90. The summed E-state index contributed by atoms with van der Waals surface area (Å²) in [6.45, 7) is 3.40. The number of carbonyl (C=O) groups is 2. The van der Waals surface area contributed by atoms with Crippen molar-refractivity contribution in [2.75, 3.05) is 6.61 Å². The molecule has 142 valence electrons. The number of aryl methyl sites for hydroxylation is 2. The number of hydrazine groups is 1. The second kappa shape index (κ2) is 9.75. The Morgan fingerprint density at radius 1 is 1.22 bits per heavy atom. The Morgan fingerprint density at radius 2 is 2.00 bits per heavy atom. The standard InChI is InChI=1S/C18H18ClN3O4S/c1-11-9-14(5-7-15(11)19)25-10-17(24)21-22-18(27)20-16(23)8-6-13-4-3-12(2)26-13/h3-9H,10H2,1-2H3,(H,21,24)(H2,20,22,23,27)/b8-6+. The van der Waals surface area contributed by atoms with E-state index in [1.165, 1.54) is 12.2 Å². The van der Waals surface area contributed by atoms with Crippen LogP contribution in [0, 0.1) is 13.8 Å². The van der Waals surface area contributed by atoms with Gasteiger partial charge in [-0.1, -0.05) is 11.6 Å². The molecule has 9 heteroatoms. The lowest BCUT2D eigenvalue weighted by atomic mass is 10.2. The molecule has 1 heterocycles. The molecule has 0 bridgehead atoms. The third-order valence-corrected chi connectivity index (χ3v) is 3.84. The number of rotatable bonds is 5. The zero-order chi connectivity index (χ0) is 19.8. The number of furan rings is 1. The fraction of sp³-hybridized carbons (Fsp3) is 0.167. The van der Waals surface area contributed by atoms with E-state index in [1.807, 2.05) is 6.92 Å². The highest BCUT2D eigenvalue weighted by molar-refractivity contribution is 7.80. The predicted molar refractivity (Wildman–Crippen MR) is 106 cm³/mol. The van der Waals surface area contributed by atoms with Crippen LogP contribution < -0.4 is 20.9 Å². The van der Waals surface area contributed by atoms with Crippen LogP contribution in [0.25, 0.3) is 6.08 Å². The van der Waals surface area contributed by atoms with Crippen molar-refractivity contribution in [3.8, 4) is 5.75 Å². The van der Waals surface area contributed by atoms with Crippen LogP contribution >= 0.6 is 23.8 Å². The normalized spacial score (nSPS) is 10.5. The number of benzene rings is 1. The maximum absolute atomic E-state index is 11.7. The molecular formula is C18H18ClN3O4S. The summed E-state index contributed by atoms with van der Waals surface area (Å²) in [5.74, 6) is 0.862. The van der Waals surface area contributed by atoms with E-state index in [-0.39, 0.29) is 11.7 Å². The SMILES string of the molecule is Cc1ccc(/C=C/C(=O)NC(=S)NNC(=O)COc2ccc(Cl)c(C)c2)o1. The molecule has 0 fully saturated rings. The maximum Gasteiger partial charge on any atom is 0.276 e. The van der Waals surface area contributed by atoms with Gasteiger partial charge in [-0.2, -0.15) is 0 Å². The van der Waals surface area contributed by atoms with Crippen molar-refractivity contribution < 1.29 is 18.7 Å². The summed E-state index contributed by atoms with van der Waals surface area (Å²) in [4.78, 5) is 23.5. The fourth-order valence-corrected chi connectivity index (χ4v) is 2.17. The molecule has 7 nitrogen and oxygen atoms in total. The van der Waals surface area contributed by atoms with E-state index < -0.39 is 11.8 Å². The molecule has 1 aromatic carbocycles. The van der Waals surface area contributed by atoms with Crippen LogP contribution in [0.15, 0.2) is 40.8 Å². The highest BCUT2D eigenvalue weighted by Crippen LogP contribution is 2.20. The van der Waals surface area contributed by atoms with Crippen LogP contribution in [-0.4, -0.2) is 23.5 Å². The zero-order valence-corrected chi connectivity index (χ0v) is 16.2. The van der Waals surface area contributed by atoms with Gasteiger partial charge in [0, 0.05) is 11.1 Å². The average Bonchev–Trinajstić information content (AvgIpc) is 3.04. The lowest BCUT2D eigenvalue weighted by molar-refractivity contribution is -0.123. The minimum absolute atomic E-state index is 0.0593. The second-order valence-corrected chi connectivity index (χ2v) is 6.29. The molecule has 0 radical (unpaired) electrons. The number of carbonyl (C=O) groups excluding carboxylic acids is 2. The molecule has 0 spiro atoms. The minimum atomic E-state index is -0.471. The van der Waals surface area contributed by atoms with Crippen LogP contribution in [0.3, 0.4) is 0 Å². The smallest absolute Gasteiger partial charge is 0.276 e. The average molecular weight is 408 g/mol. The summed E-state index contributed by atoms with van der Waals surface area (Å²) in [6.07, 6.45) is 2.77. The molecule has 2 amide bonds. The van der Waals surface area contributed by atoms with Gasteiger partial charge in [0.25, 0.3) is 5.91 Å². The number of nitrogens with one attached hydrogen (secondary N) is 3. The van der Waals surface area contributed by atoms with E-state index >= 15 is 0 Å². The zero-order valence-electron chi connectivity index (χ0n) is 14.7. The third kappa shape index (κ3) is 7.12. The van der Waals surface area contributed by atoms with E-state index in [9.17, 15) is 9.59 Å². The molecule has 2 aromatic rings. The number of amides is 2. The molecule has 0 saturated carbocycles. The number of ether oxygens (including phenoxy) is 1. The summed E-state index contributed by atoms with van der Waals surface area (Å²) in [5, 5.41) is 2.94. The van der Waals surface area contributed by atoms with Crippen molar-refractivity contribution in [3.05, 3.63) is 58.5 Å². The number of halogens is 1. The summed E-state index contributed by atoms with van der Waals surface area (Å²) in [6, 6.07) is 8.59. The number of hydrogen-bond acceptors (Lipinski definition) is 5. The van der Waals surface area contributed by atoms with Gasteiger partial charge in [-0.05, 0) is 68.0 Å². The Labute approximate surface area is 166 Å². The van der Waals surface area contributed by atoms with Gasteiger partial charge in [0.05, 0.1) is 0 Å². The Kier molecular flexibility index (Phi) is 7.39. The lowest BCUT2D eigenvalue weighted by Gasteiger charge is -2.11. The van der Waals surface area contributed by atoms with Crippen LogP contribution in [0.2, 0.25) is 5.02 Å². The summed E-state index contributed by atoms with van der Waals surface area (Å²) < 4.78 is 10.6. The number of thiocarbonyl (C=S) groups is 1. The molecule has 0 atom stereocenters. The molecular weight excluding hydrogens is 390 g/mol. The highest BCUT2D eigenvalue weighted by atomic mass is 35.5. The predicted octanol–water partition coefficient (Wildman–Crippen LogP) is 2.66. The summed E-state index contributed by atoms with van der Waals surface area (Å²) >= 11 is 10.8. The first-order chi connectivity index (χ1) is 12.8. The quantitative estimate of drug-likeness (QED) is 0.401. The molecule has 27 heavy (non-hydrogen) atoms. The monoisotopic (exact) mass is 407 g/mol. The summed E-state index contributed by atoms with van der Waals surface area (Å²) in [7, 11) is 0. The van der Waals surface area contributed by atoms with Gasteiger partial charge in [-0.15, -0.1) is 0 Å².